The van der Waals surface area contributed by atoms with Gasteiger partial charge in [-0.2, -0.15) is 0 Å². The van der Waals surface area contributed by atoms with Gasteiger partial charge >= 0.3 is 0 Å². The standard InChI is InChI=1S/C19H20FN3O2/c1-10(2)11(3)21-18(24)14-9-16(13-7-5-6-8-15(13)20)22-19-17(14)12(4)23-25-19/h5-11H,1-4H3,(H,21,24). The summed E-state index contributed by atoms with van der Waals surface area (Å²) in [5.74, 6) is -0.374. The number of amides is 1. The largest absolute Gasteiger partial charge is 0.349 e. The van der Waals surface area contributed by atoms with Gasteiger partial charge in [0.15, 0.2) is 0 Å². The SMILES string of the molecule is Cc1noc2nc(-c3ccccc3F)cc(C(=O)NC(C)C(C)C)c12. The summed E-state index contributed by atoms with van der Waals surface area (Å²) in [4.78, 5) is 17.1. The topological polar surface area (TPSA) is 68.0 Å². The van der Waals surface area contributed by atoms with E-state index in [1.54, 1.807) is 31.2 Å². The van der Waals surface area contributed by atoms with Crippen LogP contribution in [0.1, 0.15) is 36.8 Å². The molecule has 1 aromatic carbocycles. The number of carbonyl (C=O) groups excluding carboxylic acids is 1. The fraction of sp³-hybridized carbons (Fsp3) is 0.316. The Hall–Kier alpha value is -2.76. The molecular formula is C19H20FN3O2. The Labute approximate surface area is 145 Å². The van der Waals surface area contributed by atoms with Crippen LogP contribution in [-0.2, 0) is 0 Å². The van der Waals surface area contributed by atoms with Crippen LogP contribution in [0.25, 0.3) is 22.4 Å². The molecule has 2 heterocycles. The predicted octanol–water partition coefficient (Wildman–Crippen LogP) is 4.11. The molecule has 1 unspecified atom stereocenters. The van der Waals surface area contributed by atoms with Crippen LogP contribution >= 0.6 is 0 Å². The molecule has 0 bridgehead atoms. The van der Waals surface area contributed by atoms with Crippen LogP contribution in [0.15, 0.2) is 34.9 Å². The molecule has 25 heavy (non-hydrogen) atoms. The van der Waals surface area contributed by atoms with Gasteiger partial charge in [-0.05, 0) is 38.0 Å². The average Bonchev–Trinajstić information content (AvgIpc) is 2.95. The van der Waals surface area contributed by atoms with Gasteiger partial charge in [0, 0.05) is 11.6 Å². The minimum atomic E-state index is -0.410. The molecule has 1 amide bonds. The lowest BCUT2D eigenvalue weighted by atomic mass is 10.0. The number of benzene rings is 1. The quantitative estimate of drug-likeness (QED) is 0.775. The number of carbonyl (C=O) groups is 1. The monoisotopic (exact) mass is 341 g/mol. The van der Waals surface area contributed by atoms with Gasteiger partial charge in [0.05, 0.1) is 22.3 Å². The predicted molar refractivity (Wildman–Crippen MR) is 93.7 cm³/mol. The van der Waals surface area contributed by atoms with Gasteiger partial charge in [0.2, 0.25) is 0 Å². The van der Waals surface area contributed by atoms with Crippen molar-refractivity contribution in [2.45, 2.75) is 33.7 Å². The van der Waals surface area contributed by atoms with E-state index in [9.17, 15) is 9.18 Å². The van der Waals surface area contributed by atoms with Gasteiger partial charge in [0.1, 0.15) is 5.82 Å². The molecule has 0 radical (unpaired) electrons. The van der Waals surface area contributed by atoms with Crippen LogP contribution in [0.3, 0.4) is 0 Å². The molecule has 3 aromatic rings. The third-order valence-corrected chi connectivity index (χ3v) is 4.37. The second-order valence-corrected chi connectivity index (χ2v) is 6.49. The first-order valence-electron chi connectivity index (χ1n) is 8.21. The molecular weight excluding hydrogens is 321 g/mol. The number of hydrogen-bond acceptors (Lipinski definition) is 4. The Morgan fingerprint density at radius 1 is 1.24 bits per heavy atom. The second kappa shape index (κ2) is 6.63. The highest BCUT2D eigenvalue weighted by Gasteiger charge is 2.21. The number of fused-ring (bicyclic) bond motifs is 1. The molecule has 0 spiro atoms. The zero-order valence-corrected chi connectivity index (χ0v) is 14.6. The third kappa shape index (κ3) is 3.24. The third-order valence-electron chi connectivity index (χ3n) is 4.37. The Morgan fingerprint density at radius 3 is 2.64 bits per heavy atom. The summed E-state index contributed by atoms with van der Waals surface area (Å²) in [6.07, 6.45) is 0. The van der Waals surface area contributed by atoms with Crippen molar-refractivity contribution in [2.75, 3.05) is 0 Å². The molecule has 0 aliphatic rings. The molecule has 0 fully saturated rings. The molecule has 0 saturated carbocycles. The van der Waals surface area contributed by atoms with Gasteiger partial charge < -0.3 is 9.84 Å². The van der Waals surface area contributed by atoms with Crippen molar-refractivity contribution in [1.29, 1.82) is 0 Å². The normalized spacial score (nSPS) is 12.6. The Kier molecular flexibility index (Phi) is 4.53. The lowest BCUT2D eigenvalue weighted by Crippen LogP contribution is -2.36. The van der Waals surface area contributed by atoms with Crippen LogP contribution < -0.4 is 5.32 Å². The summed E-state index contributed by atoms with van der Waals surface area (Å²) in [7, 11) is 0. The number of hydrogen-bond donors (Lipinski definition) is 1. The number of pyridine rings is 1. The van der Waals surface area contributed by atoms with Crippen molar-refractivity contribution < 1.29 is 13.7 Å². The number of rotatable bonds is 4. The Balaban J connectivity index is 2.14. The molecule has 6 heteroatoms. The fourth-order valence-electron chi connectivity index (χ4n) is 2.53. The zero-order valence-electron chi connectivity index (χ0n) is 14.6. The van der Waals surface area contributed by atoms with Crippen LogP contribution in [-0.4, -0.2) is 22.1 Å². The summed E-state index contributed by atoms with van der Waals surface area (Å²) < 4.78 is 19.4. The van der Waals surface area contributed by atoms with E-state index < -0.39 is 5.82 Å². The van der Waals surface area contributed by atoms with Crippen molar-refractivity contribution >= 4 is 17.0 Å². The second-order valence-electron chi connectivity index (χ2n) is 6.49. The van der Waals surface area contributed by atoms with Crippen LogP contribution in [0, 0.1) is 18.7 Å². The van der Waals surface area contributed by atoms with Crippen LogP contribution in [0.5, 0.6) is 0 Å². The first-order chi connectivity index (χ1) is 11.9. The van der Waals surface area contributed by atoms with Gasteiger partial charge in [-0.25, -0.2) is 9.37 Å². The van der Waals surface area contributed by atoms with E-state index in [4.69, 9.17) is 4.52 Å². The maximum Gasteiger partial charge on any atom is 0.259 e. The summed E-state index contributed by atoms with van der Waals surface area (Å²) >= 11 is 0. The van der Waals surface area contributed by atoms with E-state index in [-0.39, 0.29) is 23.6 Å². The summed E-state index contributed by atoms with van der Waals surface area (Å²) in [6.45, 7) is 7.75. The minimum absolute atomic E-state index is 0.00667. The van der Waals surface area contributed by atoms with Gasteiger partial charge in [-0.1, -0.05) is 31.1 Å². The lowest BCUT2D eigenvalue weighted by molar-refractivity contribution is 0.0932. The van der Waals surface area contributed by atoms with Crippen molar-refractivity contribution in [3.8, 4) is 11.3 Å². The van der Waals surface area contributed by atoms with Crippen molar-refractivity contribution in [2.24, 2.45) is 5.92 Å². The molecule has 2 aromatic heterocycles. The van der Waals surface area contributed by atoms with Crippen molar-refractivity contribution in [3.63, 3.8) is 0 Å². The van der Waals surface area contributed by atoms with Gasteiger partial charge in [-0.3, -0.25) is 4.79 Å². The fourth-order valence-corrected chi connectivity index (χ4v) is 2.53. The maximum absolute atomic E-state index is 14.1. The zero-order chi connectivity index (χ0) is 18.1. The van der Waals surface area contributed by atoms with E-state index >= 15 is 0 Å². The summed E-state index contributed by atoms with van der Waals surface area (Å²) in [5, 5.41) is 7.42. The molecule has 1 N–H and O–H groups in total. The molecule has 0 saturated heterocycles. The summed E-state index contributed by atoms with van der Waals surface area (Å²) in [6, 6.07) is 7.88. The van der Waals surface area contributed by atoms with Gasteiger partial charge in [-0.15, -0.1) is 0 Å². The van der Waals surface area contributed by atoms with E-state index in [1.165, 1.54) is 6.07 Å². The van der Waals surface area contributed by atoms with Crippen molar-refractivity contribution in [1.82, 2.24) is 15.5 Å². The van der Waals surface area contributed by atoms with E-state index in [0.29, 0.717) is 27.9 Å². The number of nitrogens with zero attached hydrogens (tertiary/aromatic N) is 2. The molecule has 3 rings (SSSR count). The maximum atomic E-state index is 14.1. The number of halogens is 1. The number of aromatic nitrogens is 2. The van der Waals surface area contributed by atoms with Gasteiger partial charge in [0.25, 0.3) is 11.6 Å². The minimum Gasteiger partial charge on any atom is -0.349 e. The molecule has 0 aliphatic carbocycles. The lowest BCUT2D eigenvalue weighted by Gasteiger charge is -2.18. The number of aryl methyl sites for hydroxylation is 1. The first kappa shape index (κ1) is 17.1. The molecule has 130 valence electrons. The summed E-state index contributed by atoms with van der Waals surface area (Å²) in [5.41, 5.74) is 1.83. The van der Waals surface area contributed by atoms with Crippen molar-refractivity contribution in [3.05, 3.63) is 47.4 Å². The first-order valence-corrected chi connectivity index (χ1v) is 8.21. The highest BCUT2D eigenvalue weighted by Crippen LogP contribution is 2.28. The van der Waals surface area contributed by atoms with E-state index in [1.807, 2.05) is 20.8 Å². The highest BCUT2D eigenvalue weighted by atomic mass is 19.1. The molecule has 0 aliphatic heterocycles. The molecule has 1 atom stereocenters. The average molecular weight is 341 g/mol. The number of nitrogens with one attached hydrogen (secondary N) is 1. The van der Waals surface area contributed by atoms with Crippen LogP contribution in [0.2, 0.25) is 0 Å². The van der Waals surface area contributed by atoms with E-state index in [0.717, 1.165) is 0 Å². The Bertz CT molecular complexity index is 934. The van der Waals surface area contributed by atoms with Crippen LogP contribution in [0.4, 0.5) is 4.39 Å². The Morgan fingerprint density at radius 2 is 1.96 bits per heavy atom. The molecule has 5 nitrogen and oxygen atoms in total. The van der Waals surface area contributed by atoms with E-state index in [2.05, 4.69) is 15.5 Å². The smallest absolute Gasteiger partial charge is 0.259 e. The highest BCUT2D eigenvalue weighted by molar-refractivity contribution is 6.07.